The van der Waals surface area contributed by atoms with Gasteiger partial charge in [-0.2, -0.15) is 0 Å². The minimum absolute atomic E-state index is 0.331. The standard InChI is InChI=1S/C18H25N3O2/c1-11(2)21(3)17-16(12-7-5-4-6-8-12)19-14-9-13(18(22)23)10-15(14)20-17/h9,11-12H,4-8,10H2,1-3H3,(H,22,23). The molecule has 0 spiro atoms. The molecule has 5 heteroatoms. The van der Waals surface area contributed by atoms with Crippen LogP contribution in [0.1, 0.15) is 69.0 Å². The molecule has 1 fully saturated rings. The Morgan fingerprint density at radius 2 is 1.96 bits per heavy atom. The highest BCUT2D eigenvalue weighted by atomic mass is 16.4. The van der Waals surface area contributed by atoms with Crippen molar-refractivity contribution in [2.75, 3.05) is 11.9 Å². The number of hydrogen-bond acceptors (Lipinski definition) is 4. The van der Waals surface area contributed by atoms with Crippen LogP contribution in [0.3, 0.4) is 0 Å². The van der Waals surface area contributed by atoms with Crippen molar-refractivity contribution in [3.8, 4) is 0 Å². The van der Waals surface area contributed by atoms with E-state index in [1.54, 1.807) is 6.08 Å². The van der Waals surface area contributed by atoms with E-state index < -0.39 is 5.97 Å². The first-order chi connectivity index (χ1) is 11.0. The van der Waals surface area contributed by atoms with Crippen LogP contribution < -0.4 is 4.90 Å². The summed E-state index contributed by atoms with van der Waals surface area (Å²) in [6.07, 6.45) is 8.16. The van der Waals surface area contributed by atoms with Gasteiger partial charge in [0.2, 0.25) is 0 Å². The van der Waals surface area contributed by atoms with Gasteiger partial charge in [0.15, 0.2) is 5.82 Å². The molecule has 1 aromatic rings. The number of carboxylic acids is 1. The molecular formula is C18H25N3O2. The second kappa shape index (κ2) is 6.30. The Morgan fingerprint density at radius 3 is 2.57 bits per heavy atom. The highest BCUT2D eigenvalue weighted by molar-refractivity contribution is 5.94. The van der Waals surface area contributed by atoms with Gasteiger partial charge in [0, 0.05) is 31.0 Å². The number of aromatic nitrogens is 2. The van der Waals surface area contributed by atoms with E-state index >= 15 is 0 Å². The van der Waals surface area contributed by atoms with Crippen molar-refractivity contribution in [2.45, 2.75) is 64.3 Å². The fourth-order valence-corrected chi connectivity index (χ4v) is 3.42. The maximum absolute atomic E-state index is 11.2. The Hall–Kier alpha value is -1.91. The highest BCUT2D eigenvalue weighted by Crippen LogP contribution is 2.37. The van der Waals surface area contributed by atoms with E-state index in [1.807, 2.05) is 7.05 Å². The number of nitrogens with zero attached hydrogens (tertiary/aromatic N) is 3. The summed E-state index contributed by atoms with van der Waals surface area (Å²) in [5, 5.41) is 9.24. The average Bonchev–Trinajstić information content (AvgIpc) is 2.97. The van der Waals surface area contributed by atoms with Crippen LogP contribution in [-0.4, -0.2) is 34.1 Å². The normalized spacial score (nSPS) is 18.0. The Balaban J connectivity index is 2.03. The van der Waals surface area contributed by atoms with Crippen molar-refractivity contribution in [2.24, 2.45) is 0 Å². The Bertz CT molecular complexity index is 646. The first-order valence-corrected chi connectivity index (χ1v) is 8.55. The molecule has 1 aromatic heterocycles. The van der Waals surface area contributed by atoms with E-state index in [0.717, 1.165) is 35.7 Å². The van der Waals surface area contributed by atoms with Gasteiger partial charge in [-0.25, -0.2) is 14.8 Å². The Kier molecular flexibility index (Phi) is 4.37. The van der Waals surface area contributed by atoms with Crippen molar-refractivity contribution >= 4 is 17.9 Å². The molecule has 0 aromatic carbocycles. The Morgan fingerprint density at radius 1 is 1.26 bits per heavy atom. The molecule has 0 bridgehead atoms. The van der Waals surface area contributed by atoms with E-state index in [1.165, 1.54) is 19.3 Å². The summed E-state index contributed by atoms with van der Waals surface area (Å²) in [6, 6.07) is 0.331. The van der Waals surface area contributed by atoms with Gasteiger partial charge < -0.3 is 10.0 Å². The van der Waals surface area contributed by atoms with Gasteiger partial charge in [0.1, 0.15) is 0 Å². The van der Waals surface area contributed by atoms with Crippen LogP contribution in [0.5, 0.6) is 0 Å². The van der Waals surface area contributed by atoms with E-state index in [9.17, 15) is 9.90 Å². The zero-order valence-electron chi connectivity index (χ0n) is 14.2. The van der Waals surface area contributed by atoms with Crippen LogP contribution in [-0.2, 0) is 11.2 Å². The number of hydrogen-bond donors (Lipinski definition) is 1. The molecule has 2 aliphatic carbocycles. The van der Waals surface area contributed by atoms with E-state index in [-0.39, 0.29) is 0 Å². The molecule has 0 radical (unpaired) electrons. The third-order valence-corrected chi connectivity index (χ3v) is 5.05. The van der Waals surface area contributed by atoms with Crippen molar-refractivity contribution in [1.82, 2.24) is 9.97 Å². The summed E-state index contributed by atoms with van der Waals surface area (Å²) in [7, 11) is 2.05. The van der Waals surface area contributed by atoms with Gasteiger partial charge in [-0.3, -0.25) is 0 Å². The number of anilines is 1. The molecule has 0 saturated heterocycles. The number of rotatable bonds is 4. The molecule has 0 atom stereocenters. The van der Waals surface area contributed by atoms with Gasteiger partial charge >= 0.3 is 5.97 Å². The van der Waals surface area contributed by atoms with Crippen molar-refractivity contribution in [1.29, 1.82) is 0 Å². The van der Waals surface area contributed by atoms with E-state index in [2.05, 4.69) is 18.7 Å². The van der Waals surface area contributed by atoms with Gasteiger partial charge in [-0.1, -0.05) is 19.3 Å². The minimum Gasteiger partial charge on any atom is -0.478 e. The summed E-state index contributed by atoms with van der Waals surface area (Å²) in [5.41, 5.74) is 3.00. The zero-order chi connectivity index (χ0) is 16.6. The smallest absolute Gasteiger partial charge is 0.332 e. The SMILES string of the molecule is CC(C)N(C)c1nc2c(nc1C1CCCCC1)C=C(C(=O)O)C2. The molecule has 124 valence electrons. The first-order valence-electron chi connectivity index (χ1n) is 8.55. The Labute approximate surface area is 137 Å². The molecule has 3 rings (SSSR count). The van der Waals surface area contributed by atoms with Gasteiger partial charge in [-0.05, 0) is 32.8 Å². The molecule has 0 aliphatic heterocycles. The lowest BCUT2D eigenvalue weighted by molar-refractivity contribution is -0.132. The summed E-state index contributed by atoms with van der Waals surface area (Å²) in [6.45, 7) is 4.28. The number of carbonyl (C=O) groups is 1. The summed E-state index contributed by atoms with van der Waals surface area (Å²) >= 11 is 0. The van der Waals surface area contributed by atoms with Crippen LogP contribution in [0.2, 0.25) is 0 Å². The molecular weight excluding hydrogens is 290 g/mol. The van der Waals surface area contributed by atoms with Crippen LogP contribution in [0, 0.1) is 0 Å². The topological polar surface area (TPSA) is 66.3 Å². The molecule has 0 unspecified atom stereocenters. The predicted octanol–water partition coefficient (Wildman–Crippen LogP) is 3.39. The minimum atomic E-state index is -0.872. The second-order valence-electron chi connectivity index (χ2n) is 6.96. The van der Waals surface area contributed by atoms with Crippen molar-refractivity contribution < 1.29 is 9.90 Å². The van der Waals surface area contributed by atoms with E-state index in [4.69, 9.17) is 9.97 Å². The summed E-state index contributed by atoms with van der Waals surface area (Å²) in [5.74, 6) is 0.508. The molecule has 5 nitrogen and oxygen atoms in total. The molecule has 1 heterocycles. The first kappa shape index (κ1) is 16.0. The summed E-state index contributed by atoms with van der Waals surface area (Å²) < 4.78 is 0. The summed E-state index contributed by atoms with van der Waals surface area (Å²) in [4.78, 5) is 23.1. The molecule has 1 saturated carbocycles. The molecule has 2 aliphatic rings. The largest absolute Gasteiger partial charge is 0.478 e. The number of aliphatic carboxylic acids is 1. The number of fused-ring (bicyclic) bond motifs is 1. The number of carboxylic acid groups (broad SMARTS) is 1. The predicted molar refractivity (Wildman–Crippen MR) is 90.7 cm³/mol. The molecule has 23 heavy (non-hydrogen) atoms. The zero-order valence-corrected chi connectivity index (χ0v) is 14.2. The van der Waals surface area contributed by atoms with Gasteiger partial charge in [0.25, 0.3) is 0 Å². The maximum Gasteiger partial charge on any atom is 0.332 e. The third-order valence-electron chi connectivity index (χ3n) is 5.05. The van der Waals surface area contributed by atoms with Crippen molar-refractivity contribution in [3.63, 3.8) is 0 Å². The van der Waals surface area contributed by atoms with Gasteiger partial charge in [0.05, 0.1) is 17.1 Å². The fourth-order valence-electron chi connectivity index (χ4n) is 3.42. The van der Waals surface area contributed by atoms with Gasteiger partial charge in [-0.15, -0.1) is 0 Å². The molecule has 0 amide bonds. The van der Waals surface area contributed by atoms with Crippen LogP contribution in [0.25, 0.3) is 6.08 Å². The maximum atomic E-state index is 11.2. The van der Waals surface area contributed by atoms with Crippen LogP contribution in [0.4, 0.5) is 5.82 Å². The lowest BCUT2D eigenvalue weighted by Gasteiger charge is -2.29. The van der Waals surface area contributed by atoms with E-state index in [0.29, 0.717) is 24.0 Å². The average molecular weight is 315 g/mol. The van der Waals surface area contributed by atoms with Crippen LogP contribution >= 0.6 is 0 Å². The van der Waals surface area contributed by atoms with Crippen LogP contribution in [0.15, 0.2) is 5.57 Å². The quantitative estimate of drug-likeness (QED) is 0.922. The third kappa shape index (κ3) is 3.09. The monoisotopic (exact) mass is 315 g/mol. The highest BCUT2D eigenvalue weighted by Gasteiger charge is 2.28. The lowest BCUT2D eigenvalue weighted by atomic mass is 9.86. The van der Waals surface area contributed by atoms with Crippen molar-refractivity contribution in [3.05, 3.63) is 22.7 Å². The lowest BCUT2D eigenvalue weighted by Crippen LogP contribution is -2.29. The molecule has 1 N–H and O–H groups in total. The fraction of sp³-hybridized carbons (Fsp3) is 0.611. The second-order valence-corrected chi connectivity index (χ2v) is 6.96.